The fourth-order valence-electron chi connectivity index (χ4n) is 7.28. The topological polar surface area (TPSA) is 13.1 Å². The minimum Gasteiger partial charge on any atom is -0.456 e. The van der Waals surface area contributed by atoms with Crippen LogP contribution in [-0.2, 0) is 0 Å². The summed E-state index contributed by atoms with van der Waals surface area (Å²) in [4.78, 5) is 0. The van der Waals surface area contributed by atoms with E-state index in [0.29, 0.717) is 16.3 Å². The summed E-state index contributed by atoms with van der Waals surface area (Å²) in [5.74, 6) is 0. The van der Waals surface area contributed by atoms with Gasteiger partial charge >= 0.3 is 0 Å². The maximum atomic E-state index is 9.63. The van der Waals surface area contributed by atoms with Gasteiger partial charge in [0.25, 0.3) is 0 Å². The highest BCUT2D eigenvalue weighted by molar-refractivity contribution is 6.26. The molecular formula is C50H32O. The van der Waals surface area contributed by atoms with Crippen molar-refractivity contribution >= 4 is 43.5 Å². The normalized spacial score (nSPS) is 14.5. The smallest absolute Gasteiger partial charge is 0.136 e. The Labute approximate surface area is 312 Å². The number of hydrogen-bond donors (Lipinski definition) is 0. The Balaban J connectivity index is 1.34. The molecule has 1 aromatic heterocycles. The minimum absolute atomic E-state index is 0.0685. The lowest BCUT2D eigenvalue weighted by molar-refractivity contribution is 0.669. The van der Waals surface area contributed by atoms with Crippen LogP contribution in [0.4, 0.5) is 0 Å². The molecule has 0 radical (unpaired) electrons. The largest absolute Gasteiger partial charge is 0.456 e. The third kappa shape index (κ3) is 4.86. The van der Waals surface area contributed by atoms with Crippen LogP contribution in [0.5, 0.6) is 0 Å². The molecule has 0 amide bonds. The summed E-state index contributed by atoms with van der Waals surface area (Å²) in [6.07, 6.45) is 0. The predicted octanol–water partition coefficient (Wildman–Crippen LogP) is 14.2. The summed E-state index contributed by atoms with van der Waals surface area (Å²) in [5.41, 5.74) is 5.57. The van der Waals surface area contributed by atoms with Crippen LogP contribution in [0.3, 0.4) is 0 Å². The van der Waals surface area contributed by atoms with Crippen molar-refractivity contribution in [3.8, 4) is 55.6 Å². The second kappa shape index (κ2) is 12.0. The van der Waals surface area contributed by atoms with Crippen LogP contribution in [0.1, 0.15) is 15.1 Å². The van der Waals surface area contributed by atoms with E-state index in [1.165, 1.54) is 0 Å². The summed E-state index contributed by atoms with van der Waals surface area (Å²) >= 11 is 0. The Morgan fingerprint density at radius 2 is 0.961 bits per heavy atom. The van der Waals surface area contributed by atoms with Gasteiger partial charge < -0.3 is 4.42 Å². The molecule has 0 fully saturated rings. The molecule has 0 saturated carbocycles. The van der Waals surface area contributed by atoms with Gasteiger partial charge in [-0.05, 0) is 101 Å². The van der Waals surface area contributed by atoms with Crippen LogP contribution in [0, 0.1) is 0 Å². The van der Waals surface area contributed by atoms with Crippen molar-refractivity contribution in [3.63, 3.8) is 0 Å². The lowest BCUT2D eigenvalue weighted by Gasteiger charge is -2.19. The first-order valence-electron chi connectivity index (χ1n) is 22.1. The summed E-state index contributed by atoms with van der Waals surface area (Å²) < 4.78 is 104. The third-order valence-electron chi connectivity index (χ3n) is 9.48. The molecule has 238 valence electrons. The fourth-order valence-corrected chi connectivity index (χ4v) is 7.28. The first-order valence-corrected chi connectivity index (χ1v) is 16.6. The quantitative estimate of drug-likeness (QED) is 0.168. The van der Waals surface area contributed by atoms with Crippen LogP contribution < -0.4 is 0 Å². The highest BCUT2D eigenvalue weighted by atomic mass is 16.3. The molecule has 0 aliphatic heterocycles. The van der Waals surface area contributed by atoms with Gasteiger partial charge in [-0.2, -0.15) is 0 Å². The highest BCUT2D eigenvalue weighted by Gasteiger charge is 2.21. The molecule has 10 aromatic rings. The first kappa shape index (κ1) is 20.1. The molecule has 1 nitrogen and oxygen atoms in total. The number of hydrogen-bond acceptors (Lipinski definition) is 1. The summed E-state index contributed by atoms with van der Waals surface area (Å²) in [6.45, 7) is 0. The standard InChI is InChI=1S/C50H32O/c1-4-15-33(16-5-1)36-28-30-46-45(31-36)50-43(25-14-26-47(50)51-46)49-41-23-12-10-21-39(41)48(40-22-11-13-24-42(40)49)37-27-29-38(34-17-6-2-7-18-34)44(32-37)35-19-8-3-9-20-35/h1-32H/i1D,4D,5D,14D,15D,16D,25D,26D,28D,30D,31D. The molecule has 0 unspecified atom stereocenters. The molecule has 1 heterocycles. The van der Waals surface area contributed by atoms with Gasteiger partial charge in [-0.15, -0.1) is 0 Å². The van der Waals surface area contributed by atoms with E-state index in [1.54, 1.807) is 0 Å². The molecular weight excluding hydrogens is 617 g/mol. The summed E-state index contributed by atoms with van der Waals surface area (Å²) in [7, 11) is 0. The lowest BCUT2D eigenvalue weighted by atomic mass is 9.83. The molecule has 0 N–H and O–H groups in total. The highest BCUT2D eigenvalue weighted by Crippen LogP contribution is 2.48. The van der Waals surface area contributed by atoms with E-state index < -0.39 is 66.0 Å². The maximum absolute atomic E-state index is 9.63. The molecule has 0 aliphatic rings. The second-order valence-corrected chi connectivity index (χ2v) is 12.3. The maximum Gasteiger partial charge on any atom is 0.136 e. The van der Waals surface area contributed by atoms with E-state index >= 15 is 0 Å². The van der Waals surface area contributed by atoms with E-state index in [1.807, 2.05) is 84.9 Å². The van der Waals surface area contributed by atoms with E-state index in [4.69, 9.17) is 16.8 Å². The third-order valence-corrected chi connectivity index (χ3v) is 9.48. The molecule has 0 saturated heterocycles. The molecule has 51 heavy (non-hydrogen) atoms. The van der Waals surface area contributed by atoms with Gasteiger partial charge in [-0.25, -0.2) is 0 Å². The van der Waals surface area contributed by atoms with E-state index in [9.17, 15) is 2.74 Å². The summed E-state index contributed by atoms with van der Waals surface area (Å²) in [5, 5.41) is 3.08. The Bertz CT molecular complexity index is 3440. The molecule has 0 spiro atoms. The summed E-state index contributed by atoms with van der Waals surface area (Å²) in [6, 6.07) is 36.3. The van der Waals surface area contributed by atoms with Gasteiger partial charge in [0.2, 0.25) is 0 Å². The zero-order valence-electron chi connectivity index (χ0n) is 38.0. The Kier molecular flexibility index (Phi) is 4.73. The zero-order valence-corrected chi connectivity index (χ0v) is 27.0. The van der Waals surface area contributed by atoms with Gasteiger partial charge in [0.05, 0.1) is 15.1 Å². The van der Waals surface area contributed by atoms with Gasteiger partial charge in [0.1, 0.15) is 11.2 Å². The average Bonchev–Trinajstić information content (AvgIpc) is 3.71. The van der Waals surface area contributed by atoms with Crippen molar-refractivity contribution < 1.29 is 19.5 Å². The van der Waals surface area contributed by atoms with Crippen molar-refractivity contribution in [1.82, 2.24) is 0 Å². The molecule has 10 rings (SSSR count). The van der Waals surface area contributed by atoms with Crippen LogP contribution in [0.2, 0.25) is 0 Å². The molecule has 0 bridgehead atoms. The average molecular weight is 660 g/mol. The van der Waals surface area contributed by atoms with Gasteiger partial charge in [0, 0.05) is 10.8 Å². The number of furan rings is 1. The molecule has 0 atom stereocenters. The molecule has 9 aromatic carbocycles. The fraction of sp³-hybridized carbons (Fsp3) is 0. The van der Waals surface area contributed by atoms with E-state index in [2.05, 4.69) is 42.5 Å². The lowest BCUT2D eigenvalue weighted by Crippen LogP contribution is -1.93. The van der Waals surface area contributed by atoms with Gasteiger partial charge in [-0.3, -0.25) is 0 Å². The van der Waals surface area contributed by atoms with Crippen LogP contribution >= 0.6 is 0 Å². The van der Waals surface area contributed by atoms with Crippen molar-refractivity contribution in [2.24, 2.45) is 0 Å². The van der Waals surface area contributed by atoms with Gasteiger partial charge in [-0.1, -0.05) is 170 Å². The first-order chi connectivity index (χ1) is 29.9. The van der Waals surface area contributed by atoms with Gasteiger partial charge in [0.15, 0.2) is 0 Å². The van der Waals surface area contributed by atoms with Crippen molar-refractivity contribution in [2.75, 3.05) is 0 Å². The van der Waals surface area contributed by atoms with Crippen molar-refractivity contribution in [3.05, 3.63) is 194 Å². The second-order valence-electron chi connectivity index (χ2n) is 12.3. The van der Waals surface area contributed by atoms with E-state index in [0.717, 1.165) is 44.2 Å². The Hall–Kier alpha value is -6.70. The SMILES string of the molecule is [2H]c1c([2H])c([2H])c(-c2c([2H])c([2H])c3oc4c([2H])c([2H])c([2H])c(-c5c6ccccc6c(-c6ccc(-c7ccccc7)c(-c7ccccc7)c6)c6ccccc56)c4c3c2[2H])c([2H])c1[2H]. The van der Waals surface area contributed by atoms with E-state index in [-0.39, 0.29) is 39.1 Å². The number of fused-ring (bicyclic) bond motifs is 5. The monoisotopic (exact) mass is 659 g/mol. The predicted molar refractivity (Wildman–Crippen MR) is 216 cm³/mol. The molecule has 0 aliphatic carbocycles. The Morgan fingerprint density at radius 1 is 0.353 bits per heavy atom. The van der Waals surface area contributed by atoms with Crippen molar-refractivity contribution in [2.45, 2.75) is 0 Å². The molecule has 1 heteroatoms. The number of rotatable bonds is 5. The van der Waals surface area contributed by atoms with Crippen LogP contribution in [0.15, 0.2) is 198 Å². The number of benzene rings is 9. The van der Waals surface area contributed by atoms with Crippen LogP contribution in [-0.4, -0.2) is 0 Å². The minimum atomic E-state index is -0.659. The van der Waals surface area contributed by atoms with Crippen molar-refractivity contribution in [1.29, 1.82) is 0 Å². The zero-order chi connectivity index (χ0) is 43.3. The van der Waals surface area contributed by atoms with Crippen LogP contribution in [0.25, 0.3) is 99.1 Å². The Morgan fingerprint density at radius 3 is 1.63 bits per heavy atom.